The van der Waals surface area contributed by atoms with E-state index in [1.54, 1.807) is 30.3 Å². The average molecular weight is 371 g/mol. The van der Waals surface area contributed by atoms with Gasteiger partial charge in [-0.25, -0.2) is 8.42 Å². The highest BCUT2D eigenvalue weighted by molar-refractivity contribution is 7.91. The summed E-state index contributed by atoms with van der Waals surface area (Å²) in [5.74, 6) is 0.369. The molecule has 4 rings (SSSR count). The first-order valence-corrected chi connectivity index (χ1v) is 10.8. The monoisotopic (exact) mass is 370 g/mol. The average Bonchev–Trinajstić information content (AvgIpc) is 2.77. The Kier molecular flexibility index (Phi) is 4.32. The first kappa shape index (κ1) is 17.6. The van der Waals surface area contributed by atoms with Gasteiger partial charge in [0.2, 0.25) is 9.84 Å². The Morgan fingerprint density at radius 1 is 0.962 bits per heavy atom. The largest absolute Gasteiger partial charge is 0.371 e. The highest BCUT2D eigenvalue weighted by Crippen LogP contribution is 2.46. The maximum atomic E-state index is 13.0. The highest BCUT2D eigenvalue weighted by Gasteiger charge is 2.40. The van der Waals surface area contributed by atoms with Crippen LogP contribution >= 0.6 is 0 Å². The maximum Gasteiger partial charge on any atom is 0.206 e. The van der Waals surface area contributed by atoms with E-state index in [-0.39, 0.29) is 0 Å². The van der Waals surface area contributed by atoms with Gasteiger partial charge in [0, 0.05) is 36.8 Å². The minimum absolute atomic E-state index is 0.354. The number of fused-ring (bicyclic) bond motifs is 3. The third kappa shape index (κ3) is 2.83. The van der Waals surface area contributed by atoms with Gasteiger partial charge >= 0.3 is 0 Å². The number of anilines is 1. The van der Waals surface area contributed by atoms with Crippen molar-refractivity contribution in [3.05, 3.63) is 54.1 Å². The van der Waals surface area contributed by atoms with Crippen LogP contribution in [0.5, 0.6) is 0 Å². The van der Waals surface area contributed by atoms with Gasteiger partial charge in [-0.05, 0) is 62.6 Å². The Hall–Kier alpha value is -1.85. The van der Waals surface area contributed by atoms with Crippen LogP contribution in [-0.4, -0.2) is 33.6 Å². The molecule has 0 amide bonds. The van der Waals surface area contributed by atoms with Crippen LogP contribution in [0.1, 0.15) is 38.2 Å². The normalized spacial score (nSPS) is 28.3. The van der Waals surface area contributed by atoms with Gasteiger partial charge in [0.1, 0.15) is 0 Å². The van der Waals surface area contributed by atoms with Gasteiger partial charge in [0.25, 0.3) is 0 Å². The zero-order chi connectivity index (χ0) is 18.5. The maximum absolute atomic E-state index is 13.0. The molecule has 0 aromatic heterocycles. The minimum Gasteiger partial charge on any atom is -0.371 e. The van der Waals surface area contributed by atoms with Crippen molar-refractivity contribution in [2.45, 2.75) is 60.5 Å². The lowest BCUT2D eigenvalue weighted by Crippen LogP contribution is -2.36. The molecule has 4 atom stereocenters. The summed E-state index contributed by atoms with van der Waals surface area (Å²) in [5.41, 5.74) is 2.35. The van der Waals surface area contributed by atoms with Gasteiger partial charge in [-0.2, -0.15) is 0 Å². The van der Waals surface area contributed by atoms with Crippen LogP contribution in [0.15, 0.2) is 58.3 Å². The summed E-state index contributed by atoms with van der Waals surface area (Å²) < 4.78 is 26.1. The molecule has 0 spiro atoms. The van der Waals surface area contributed by atoms with Crippen LogP contribution in [0.3, 0.4) is 0 Å². The van der Waals surface area contributed by atoms with Gasteiger partial charge < -0.3 is 10.2 Å². The fourth-order valence-electron chi connectivity index (χ4n) is 4.68. The van der Waals surface area contributed by atoms with Gasteiger partial charge in [-0.1, -0.05) is 18.2 Å². The van der Waals surface area contributed by atoms with E-state index in [9.17, 15) is 8.42 Å². The van der Waals surface area contributed by atoms with Crippen LogP contribution in [-0.2, 0) is 9.84 Å². The molecule has 2 aliphatic heterocycles. The molecule has 4 nitrogen and oxygen atoms in total. The fourth-order valence-corrected chi connectivity index (χ4v) is 6.00. The number of nitrogens with one attached hydrogen (secondary N) is 1. The lowest BCUT2D eigenvalue weighted by molar-refractivity contribution is 0.466. The summed E-state index contributed by atoms with van der Waals surface area (Å²) in [7, 11) is -1.35. The summed E-state index contributed by atoms with van der Waals surface area (Å²) in [5, 5.41) is 3.65. The predicted octanol–water partition coefficient (Wildman–Crippen LogP) is 3.58. The van der Waals surface area contributed by atoms with Crippen LogP contribution < -0.4 is 10.2 Å². The SMILES string of the molecule is CC1C[C@@H]2c3cc(S(=O)(=O)c4ccccc4)ccc3N(C)[C@H]2CC(C)N1. The molecule has 2 aliphatic rings. The van der Waals surface area contributed by atoms with Crippen LogP contribution in [0, 0.1) is 0 Å². The van der Waals surface area contributed by atoms with Crippen molar-refractivity contribution in [2.24, 2.45) is 0 Å². The van der Waals surface area contributed by atoms with E-state index < -0.39 is 9.84 Å². The second kappa shape index (κ2) is 6.39. The number of hydrogen-bond acceptors (Lipinski definition) is 4. The predicted molar refractivity (Wildman–Crippen MR) is 105 cm³/mol. The molecule has 26 heavy (non-hydrogen) atoms. The Bertz CT molecular complexity index is 911. The van der Waals surface area contributed by atoms with E-state index >= 15 is 0 Å². The molecule has 0 radical (unpaired) electrons. The van der Waals surface area contributed by atoms with Gasteiger partial charge in [0.15, 0.2) is 0 Å². The number of rotatable bonds is 2. The van der Waals surface area contributed by atoms with E-state index in [1.807, 2.05) is 18.2 Å². The second-order valence-corrected chi connectivity index (χ2v) is 9.71. The number of sulfone groups is 1. The number of likely N-dealkylation sites (N-methyl/N-ethyl adjacent to an activating group) is 1. The molecule has 138 valence electrons. The molecule has 0 aliphatic carbocycles. The molecule has 2 aromatic rings. The third-order valence-electron chi connectivity index (χ3n) is 5.88. The number of nitrogens with zero attached hydrogens (tertiary/aromatic N) is 1. The summed E-state index contributed by atoms with van der Waals surface area (Å²) in [6.07, 6.45) is 2.10. The van der Waals surface area contributed by atoms with Crippen molar-refractivity contribution in [1.82, 2.24) is 5.32 Å². The summed E-state index contributed by atoms with van der Waals surface area (Å²) >= 11 is 0. The number of hydrogen-bond donors (Lipinski definition) is 1. The van der Waals surface area contributed by atoms with Crippen molar-refractivity contribution in [1.29, 1.82) is 0 Å². The van der Waals surface area contributed by atoms with Gasteiger partial charge in [-0.3, -0.25) is 0 Å². The van der Waals surface area contributed by atoms with Crippen molar-refractivity contribution in [3.8, 4) is 0 Å². The van der Waals surface area contributed by atoms with Gasteiger partial charge in [0.05, 0.1) is 9.79 Å². The molecular weight excluding hydrogens is 344 g/mol. The first-order valence-electron chi connectivity index (χ1n) is 9.31. The molecule has 0 saturated carbocycles. The zero-order valence-electron chi connectivity index (χ0n) is 15.5. The summed E-state index contributed by atoms with van der Waals surface area (Å²) in [6, 6.07) is 15.7. The summed E-state index contributed by atoms with van der Waals surface area (Å²) in [6.45, 7) is 4.46. The van der Waals surface area contributed by atoms with E-state index in [0.29, 0.717) is 33.8 Å². The smallest absolute Gasteiger partial charge is 0.206 e. The van der Waals surface area contributed by atoms with E-state index in [2.05, 4.69) is 31.1 Å². The van der Waals surface area contributed by atoms with Crippen LogP contribution in [0.25, 0.3) is 0 Å². The van der Waals surface area contributed by atoms with E-state index in [4.69, 9.17) is 0 Å². The molecule has 2 aromatic carbocycles. The minimum atomic E-state index is -3.48. The van der Waals surface area contributed by atoms with Crippen LogP contribution in [0.2, 0.25) is 0 Å². The van der Waals surface area contributed by atoms with Crippen molar-refractivity contribution in [3.63, 3.8) is 0 Å². The molecule has 2 heterocycles. The second-order valence-electron chi connectivity index (χ2n) is 7.76. The molecular formula is C21H26N2O2S. The van der Waals surface area contributed by atoms with Crippen molar-refractivity contribution >= 4 is 15.5 Å². The van der Waals surface area contributed by atoms with E-state index in [1.165, 1.54) is 11.3 Å². The van der Waals surface area contributed by atoms with Gasteiger partial charge in [-0.15, -0.1) is 0 Å². The molecule has 1 fully saturated rings. The number of benzene rings is 2. The molecule has 1 saturated heterocycles. The zero-order valence-corrected chi connectivity index (χ0v) is 16.3. The Morgan fingerprint density at radius 2 is 1.65 bits per heavy atom. The standard InChI is InChI=1S/C21H26N2O2S/c1-14-11-18-19-13-17(26(24,25)16-7-5-4-6-8-16)9-10-20(19)23(3)21(18)12-15(2)22-14/h4-10,13-15,18,21-22H,11-12H2,1-3H3/t14?,15?,18-,21+/m1/s1. The Labute approximate surface area is 156 Å². The lowest BCUT2D eigenvalue weighted by Gasteiger charge is -2.26. The molecule has 2 unspecified atom stereocenters. The van der Waals surface area contributed by atoms with Crippen molar-refractivity contribution in [2.75, 3.05) is 11.9 Å². The van der Waals surface area contributed by atoms with Crippen molar-refractivity contribution < 1.29 is 8.42 Å². The Morgan fingerprint density at radius 3 is 2.38 bits per heavy atom. The molecule has 1 N–H and O–H groups in total. The van der Waals surface area contributed by atoms with Crippen LogP contribution in [0.4, 0.5) is 5.69 Å². The highest BCUT2D eigenvalue weighted by atomic mass is 32.2. The first-order chi connectivity index (χ1) is 12.4. The Balaban J connectivity index is 1.78. The molecule has 0 bridgehead atoms. The summed E-state index contributed by atoms with van der Waals surface area (Å²) in [4.78, 5) is 3.09. The quantitative estimate of drug-likeness (QED) is 0.878. The lowest BCUT2D eigenvalue weighted by atomic mass is 9.88. The topological polar surface area (TPSA) is 49.4 Å². The fraction of sp³-hybridized carbons (Fsp3) is 0.429. The van der Waals surface area contributed by atoms with E-state index in [0.717, 1.165) is 12.8 Å². The molecule has 5 heteroatoms. The third-order valence-corrected chi connectivity index (χ3v) is 7.64.